The van der Waals surface area contributed by atoms with Crippen molar-refractivity contribution in [1.29, 1.82) is 0 Å². The lowest BCUT2D eigenvalue weighted by atomic mass is 10.2. The SMILES string of the molecule is COCC(CO)NC(=O)CSCc1ccc(Cl)cc1. The van der Waals surface area contributed by atoms with Crippen LogP contribution < -0.4 is 5.32 Å². The largest absolute Gasteiger partial charge is 0.394 e. The van der Waals surface area contributed by atoms with Gasteiger partial charge in [-0.2, -0.15) is 0 Å². The van der Waals surface area contributed by atoms with E-state index in [9.17, 15) is 4.79 Å². The summed E-state index contributed by atoms with van der Waals surface area (Å²) in [5.41, 5.74) is 1.12. The van der Waals surface area contributed by atoms with Crippen LogP contribution in [0, 0.1) is 0 Å². The van der Waals surface area contributed by atoms with Crippen molar-refractivity contribution in [3.63, 3.8) is 0 Å². The molecule has 1 rings (SSSR count). The number of hydrogen-bond acceptors (Lipinski definition) is 4. The van der Waals surface area contributed by atoms with Crippen molar-refractivity contribution in [3.05, 3.63) is 34.9 Å². The zero-order valence-electron chi connectivity index (χ0n) is 10.8. The second-order valence-corrected chi connectivity index (χ2v) is 5.44. The Morgan fingerprint density at radius 2 is 2.16 bits per heavy atom. The van der Waals surface area contributed by atoms with Gasteiger partial charge in [0.15, 0.2) is 0 Å². The van der Waals surface area contributed by atoms with Gasteiger partial charge < -0.3 is 15.2 Å². The summed E-state index contributed by atoms with van der Waals surface area (Å²) < 4.78 is 4.89. The number of halogens is 1. The molecule has 0 aliphatic heterocycles. The highest BCUT2D eigenvalue weighted by molar-refractivity contribution is 7.99. The molecule has 0 fully saturated rings. The third-order valence-electron chi connectivity index (χ3n) is 2.37. The molecule has 1 amide bonds. The highest BCUT2D eigenvalue weighted by Gasteiger charge is 2.10. The number of aliphatic hydroxyl groups excluding tert-OH is 1. The van der Waals surface area contributed by atoms with Gasteiger partial charge in [0.1, 0.15) is 0 Å². The minimum absolute atomic E-state index is 0.102. The lowest BCUT2D eigenvalue weighted by molar-refractivity contribution is -0.120. The molecule has 2 N–H and O–H groups in total. The van der Waals surface area contributed by atoms with E-state index in [0.717, 1.165) is 11.3 Å². The first-order chi connectivity index (χ1) is 9.15. The van der Waals surface area contributed by atoms with Gasteiger partial charge in [-0.05, 0) is 17.7 Å². The molecule has 0 radical (unpaired) electrons. The number of methoxy groups -OCH3 is 1. The van der Waals surface area contributed by atoms with Gasteiger partial charge in [-0.1, -0.05) is 23.7 Å². The molecule has 0 spiro atoms. The molecular formula is C13H18ClNO3S. The Hall–Kier alpha value is -0.750. The number of thioether (sulfide) groups is 1. The predicted molar refractivity (Wildman–Crippen MR) is 78.5 cm³/mol. The molecule has 1 aromatic rings. The maximum Gasteiger partial charge on any atom is 0.230 e. The second kappa shape index (κ2) is 9.20. The van der Waals surface area contributed by atoms with Crippen molar-refractivity contribution in [1.82, 2.24) is 5.32 Å². The second-order valence-electron chi connectivity index (χ2n) is 4.02. The van der Waals surface area contributed by atoms with E-state index in [-0.39, 0.29) is 18.6 Å². The third kappa shape index (κ3) is 6.82. The van der Waals surface area contributed by atoms with Gasteiger partial charge in [-0.15, -0.1) is 11.8 Å². The standard InChI is InChI=1S/C13H18ClNO3S/c1-18-7-12(6-16)15-13(17)9-19-8-10-2-4-11(14)5-3-10/h2-5,12,16H,6-9H2,1H3,(H,15,17). The number of nitrogens with one attached hydrogen (secondary N) is 1. The summed E-state index contributed by atoms with van der Waals surface area (Å²) in [4.78, 5) is 11.6. The molecule has 19 heavy (non-hydrogen) atoms. The fourth-order valence-corrected chi connectivity index (χ4v) is 2.38. The molecule has 6 heteroatoms. The Labute approximate surface area is 122 Å². The molecular weight excluding hydrogens is 286 g/mol. The zero-order valence-corrected chi connectivity index (χ0v) is 12.3. The van der Waals surface area contributed by atoms with Gasteiger partial charge in [0, 0.05) is 17.9 Å². The van der Waals surface area contributed by atoms with Gasteiger partial charge in [0.25, 0.3) is 0 Å². The fourth-order valence-electron chi connectivity index (χ4n) is 1.45. The van der Waals surface area contributed by atoms with Crippen LogP contribution in [-0.4, -0.2) is 43.1 Å². The van der Waals surface area contributed by atoms with Crippen LogP contribution in [0.3, 0.4) is 0 Å². The molecule has 0 saturated carbocycles. The van der Waals surface area contributed by atoms with E-state index < -0.39 is 0 Å². The Morgan fingerprint density at radius 3 is 2.74 bits per heavy atom. The summed E-state index contributed by atoms with van der Waals surface area (Å²) in [6, 6.07) is 7.20. The number of aliphatic hydroxyl groups is 1. The first-order valence-corrected chi connectivity index (χ1v) is 7.40. The van der Waals surface area contributed by atoms with Crippen LogP contribution in [0.25, 0.3) is 0 Å². The minimum atomic E-state index is -0.339. The van der Waals surface area contributed by atoms with Crippen LogP contribution in [0.5, 0.6) is 0 Å². The summed E-state index contributed by atoms with van der Waals surface area (Å²) >= 11 is 7.31. The number of hydrogen-bond donors (Lipinski definition) is 2. The first-order valence-electron chi connectivity index (χ1n) is 5.87. The average Bonchev–Trinajstić information content (AvgIpc) is 2.40. The van der Waals surface area contributed by atoms with Crippen molar-refractivity contribution < 1.29 is 14.6 Å². The van der Waals surface area contributed by atoms with E-state index in [4.69, 9.17) is 21.4 Å². The van der Waals surface area contributed by atoms with Crippen LogP contribution in [0.2, 0.25) is 5.02 Å². The molecule has 4 nitrogen and oxygen atoms in total. The molecule has 0 bridgehead atoms. The quantitative estimate of drug-likeness (QED) is 0.767. The summed E-state index contributed by atoms with van der Waals surface area (Å²) in [6.07, 6.45) is 0. The number of rotatable bonds is 8. The highest BCUT2D eigenvalue weighted by Crippen LogP contribution is 2.15. The van der Waals surface area contributed by atoms with Crippen LogP contribution in [-0.2, 0) is 15.3 Å². The third-order valence-corrected chi connectivity index (χ3v) is 3.62. The number of carbonyl (C=O) groups excluding carboxylic acids is 1. The van der Waals surface area contributed by atoms with E-state index in [2.05, 4.69) is 5.32 Å². The molecule has 0 saturated heterocycles. The Kier molecular flexibility index (Phi) is 7.90. The van der Waals surface area contributed by atoms with Gasteiger partial charge >= 0.3 is 0 Å². The number of ether oxygens (including phenoxy) is 1. The molecule has 1 aromatic carbocycles. The molecule has 0 aliphatic rings. The van der Waals surface area contributed by atoms with Gasteiger partial charge in [-0.25, -0.2) is 0 Å². The predicted octanol–water partition coefficient (Wildman–Crippen LogP) is 1.70. The topological polar surface area (TPSA) is 58.6 Å². The maximum absolute atomic E-state index is 11.6. The first kappa shape index (κ1) is 16.3. The average molecular weight is 304 g/mol. The summed E-state index contributed by atoms with van der Waals surface area (Å²) in [7, 11) is 1.53. The number of carbonyl (C=O) groups is 1. The lowest BCUT2D eigenvalue weighted by Crippen LogP contribution is -2.41. The van der Waals surface area contributed by atoms with Crippen molar-refractivity contribution >= 4 is 29.3 Å². The smallest absolute Gasteiger partial charge is 0.230 e. The normalized spacial score (nSPS) is 12.2. The molecule has 1 atom stereocenters. The summed E-state index contributed by atoms with van der Waals surface area (Å²) in [5.74, 6) is 0.997. The zero-order chi connectivity index (χ0) is 14.1. The Morgan fingerprint density at radius 1 is 1.47 bits per heavy atom. The van der Waals surface area contributed by atoms with Crippen LogP contribution in [0.15, 0.2) is 24.3 Å². The van der Waals surface area contributed by atoms with E-state index >= 15 is 0 Å². The molecule has 0 aliphatic carbocycles. The number of amides is 1. The van der Waals surface area contributed by atoms with E-state index in [1.165, 1.54) is 18.9 Å². The Balaban J connectivity index is 2.24. The molecule has 1 unspecified atom stereocenters. The van der Waals surface area contributed by atoms with Crippen molar-refractivity contribution in [2.75, 3.05) is 26.1 Å². The van der Waals surface area contributed by atoms with Crippen molar-refractivity contribution in [2.45, 2.75) is 11.8 Å². The molecule has 0 aromatic heterocycles. The molecule has 0 heterocycles. The summed E-state index contributed by atoms with van der Waals surface area (Å²) in [6.45, 7) is 0.186. The fraction of sp³-hybridized carbons (Fsp3) is 0.462. The Bertz CT molecular complexity index is 386. The highest BCUT2D eigenvalue weighted by atomic mass is 35.5. The van der Waals surface area contributed by atoms with E-state index in [1.807, 2.05) is 24.3 Å². The monoisotopic (exact) mass is 303 g/mol. The van der Waals surface area contributed by atoms with Crippen LogP contribution >= 0.6 is 23.4 Å². The van der Waals surface area contributed by atoms with Gasteiger partial charge in [0.05, 0.1) is 25.0 Å². The van der Waals surface area contributed by atoms with E-state index in [0.29, 0.717) is 17.4 Å². The minimum Gasteiger partial charge on any atom is -0.394 e. The molecule has 106 valence electrons. The number of benzene rings is 1. The van der Waals surface area contributed by atoms with Crippen molar-refractivity contribution in [2.24, 2.45) is 0 Å². The van der Waals surface area contributed by atoms with Gasteiger partial charge in [0.2, 0.25) is 5.91 Å². The van der Waals surface area contributed by atoms with E-state index in [1.54, 1.807) is 0 Å². The lowest BCUT2D eigenvalue weighted by Gasteiger charge is -2.14. The van der Waals surface area contributed by atoms with Crippen molar-refractivity contribution in [3.8, 4) is 0 Å². The van der Waals surface area contributed by atoms with Crippen LogP contribution in [0.1, 0.15) is 5.56 Å². The summed E-state index contributed by atoms with van der Waals surface area (Å²) in [5, 5.41) is 12.4. The van der Waals surface area contributed by atoms with Gasteiger partial charge in [-0.3, -0.25) is 4.79 Å². The van der Waals surface area contributed by atoms with Crippen LogP contribution in [0.4, 0.5) is 0 Å². The maximum atomic E-state index is 11.6.